The van der Waals surface area contributed by atoms with Gasteiger partial charge >= 0.3 is 5.97 Å². The number of aryl methyl sites for hydroxylation is 2. The van der Waals surface area contributed by atoms with Gasteiger partial charge < -0.3 is 9.47 Å². The molecule has 3 heteroatoms. The first-order chi connectivity index (χ1) is 13.7. The Morgan fingerprint density at radius 1 is 0.893 bits per heavy atom. The van der Waals surface area contributed by atoms with Gasteiger partial charge in [-0.1, -0.05) is 30.3 Å². The van der Waals surface area contributed by atoms with Gasteiger partial charge in [0.2, 0.25) is 0 Å². The Hall–Kier alpha value is -3.07. The number of hydrogen-bond donors (Lipinski definition) is 0. The van der Waals surface area contributed by atoms with Crippen molar-refractivity contribution in [2.45, 2.75) is 32.6 Å². The van der Waals surface area contributed by atoms with E-state index in [9.17, 15) is 4.79 Å². The van der Waals surface area contributed by atoms with Gasteiger partial charge in [0.25, 0.3) is 0 Å². The van der Waals surface area contributed by atoms with Crippen LogP contribution < -0.4 is 9.47 Å². The lowest BCUT2D eigenvalue weighted by molar-refractivity contribution is 0.0735. The van der Waals surface area contributed by atoms with Crippen molar-refractivity contribution in [3.63, 3.8) is 0 Å². The van der Waals surface area contributed by atoms with E-state index < -0.39 is 0 Å². The maximum Gasteiger partial charge on any atom is 0.343 e. The van der Waals surface area contributed by atoms with Gasteiger partial charge in [0.05, 0.1) is 12.7 Å². The van der Waals surface area contributed by atoms with E-state index in [1.54, 1.807) is 31.4 Å². The number of hydrogen-bond acceptors (Lipinski definition) is 3. The van der Waals surface area contributed by atoms with Crippen molar-refractivity contribution in [2.24, 2.45) is 0 Å². The molecule has 3 nitrogen and oxygen atoms in total. The van der Waals surface area contributed by atoms with Crippen LogP contribution in [0.15, 0.2) is 60.7 Å². The van der Waals surface area contributed by atoms with E-state index >= 15 is 0 Å². The molecular formula is C25H24O3. The van der Waals surface area contributed by atoms with E-state index in [4.69, 9.17) is 9.47 Å². The fourth-order valence-electron chi connectivity index (χ4n) is 3.97. The smallest absolute Gasteiger partial charge is 0.343 e. The van der Waals surface area contributed by atoms with Crippen molar-refractivity contribution in [3.05, 3.63) is 82.9 Å². The van der Waals surface area contributed by atoms with Crippen LogP contribution in [0.2, 0.25) is 0 Å². The van der Waals surface area contributed by atoms with E-state index in [1.165, 1.54) is 35.1 Å². The molecule has 1 aliphatic carbocycles. The first-order valence-corrected chi connectivity index (χ1v) is 9.74. The van der Waals surface area contributed by atoms with Crippen LogP contribution in [0.3, 0.4) is 0 Å². The molecule has 0 bridgehead atoms. The molecule has 0 radical (unpaired) electrons. The zero-order chi connectivity index (χ0) is 19.5. The number of methoxy groups -OCH3 is 1. The second-order valence-corrected chi connectivity index (χ2v) is 7.22. The monoisotopic (exact) mass is 372 g/mol. The van der Waals surface area contributed by atoms with Gasteiger partial charge in [-0.3, -0.25) is 0 Å². The molecule has 4 rings (SSSR count). The minimum absolute atomic E-state index is 0.363. The average Bonchev–Trinajstić information content (AvgIpc) is 2.74. The van der Waals surface area contributed by atoms with Crippen molar-refractivity contribution in [1.29, 1.82) is 0 Å². The summed E-state index contributed by atoms with van der Waals surface area (Å²) in [6, 6.07) is 19.2. The van der Waals surface area contributed by atoms with Crippen LogP contribution in [-0.2, 0) is 12.8 Å². The van der Waals surface area contributed by atoms with Crippen LogP contribution in [0.4, 0.5) is 0 Å². The van der Waals surface area contributed by atoms with Crippen LogP contribution in [-0.4, -0.2) is 13.1 Å². The average molecular weight is 372 g/mol. The summed E-state index contributed by atoms with van der Waals surface area (Å²) in [5.74, 6) is 0.950. The summed E-state index contributed by atoms with van der Waals surface area (Å²) in [6.07, 6.45) is 4.64. The molecule has 1 aliphatic rings. The highest BCUT2D eigenvalue weighted by Gasteiger charge is 2.20. The molecule has 0 aromatic heterocycles. The van der Waals surface area contributed by atoms with Crippen molar-refractivity contribution < 1.29 is 14.3 Å². The number of benzene rings is 3. The first-order valence-electron chi connectivity index (χ1n) is 9.74. The number of esters is 1. The minimum Gasteiger partial charge on any atom is -0.497 e. The number of carbonyl (C=O) groups excluding carboxylic acids is 1. The molecule has 0 saturated heterocycles. The quantitative estimate of drug-likeness (QED) is 0.431. The van der Waals surface area contributed by atoms with Crippen molar-refractivity contribution in [1.82, 2.24) is 0 Å². The summed E-state index contributed by atoms with van der Waals surface area (Å²) in [4.78, 5) is 12.7. The highest BCUT2D eigenvalue weighted by Crippen LogP contribution is 2.39. The Kier molecular flexibility index (Phi) is 5.16. The molecular weight excluding hydrogens is 348 g/mol. The minimum atomic E-state index is -0.363. The van der Waals surface area contributed by atoms with Gasteiger partial charge in [-0.15, -0.1) is 0 Å². The molecule has 142 valence electrons. The van der Waals surface area contributed by atoms with E-state index in [0.717, 1.165) is 18.4 Å². The molecule has 0 atom stereocenters. The van der Waals surface area contributed by atoms with Crippen LogP contribution in [0, 0.1) is 6.92 Å². The molecule has 28 heavy (non-hydrogen) atoms. The second kappa shape index (κ2) is 7.89. The first kappa shape index (κ1) is 18.3. The molecule has 0 saturated carbocycles. The third-order valence-electron chi connectivity index (χ3n) is 5.43. The van der Waals surface area contributed by atoms with Gasteiger partial charge in [0.15, 0.2) is 0 Å². The van der Waals surface area contributed by atoms with Crippen molar-refractivity contribution in [2.75, 3.05) is 7.11 Å². The standard InChI is InChI=1S/C25H24O3/c1-17-11-12-18-7-3-4-8-21(18)24(17)22-9-5-6-10-23(22)28-25(26)19-13-15-20(27-2)16-14-19/h5-6,9-16H,3-4,7-8H2,1-2H3. The van der Waals surface area contributed by atoms with E-state index in [1.807, 2.05) is 24.3 Å². The molecule has 0 aliphatic heterocycles. The van der Waals surface area contributed by atoms with Gasteiger partial charge in [0, 0.05) is 5.56 Å². The molecule has 0 fully saturated rings. The fourth-order valence-corrected chi connectivity index (χ4v) is 3.97. The number of fused-ring (bicyclic) bond motifs is 1. The van der Waals surface area contributed by atoms with Gasteiger partial charge in [0.1, 0.15) is 11.5 Å². The predicted octanol–water partition coefficient (Wildman–Crippen LogP) is 5.77. The molecule has 0 spiro atoms. The Balaban J connectivity index is 1.71. The molecule has 0 N–H and O–H groups in total. The van der Waals surface area contributed by atoms with Crippen LogP contribution >= 0.6 is 0 Å². The Morgan fingerprint density at radius 2 is 1.64 bits per heavy atom. The van der Waals surface area contributed by atoms with Crippen LogP contribution in [0.5, 0.6) is 11.5 Å². The third-order valence-corrected chi connectivity index (χ3v) is 5.43. The second-order valence-electron chi connectivity index (χ2n) is 7.22. The van der Waals surface area contributed by atoms with Gasteiger partial charge in [-0.05, 0) is 85.2 Å². The van der Waals surface area contributed by atoms with Gasteiger partial charge in [-0.2, -0.15) is 0 Å². The summed E-state index contributed by atoms with van der Waals surface area (Å²) < 4.78 is 11.0. The molecule has 0 unspecified atom stereocenters. The maximum atomic E-state index is 12.7. The Morgan fingerprint density at radius 3 is 2.43 bits per heavy atom. The summed E-state index contributed by atoms with van der Waals surface area (Å²) in [5.41, 5.74) is 6.74. The maximum absolute atomic E-state index is 12.7. The largest absolute Gasteiger partial charge is 0.497 e. The van der Waals surface area contributed by atoms with Crippen LogP contribution in [0.1, 0.15) is 39.9 Å². The number of rotatable bonds is 4. The molecule has 3 aromatic rings. The number of ether oxygens (including phenoxy) is 2. The molecule has 0 heterocycles. The summed E-state index contributed by atoms with van der Waals surface area (Å²) >= 11 is 0. The highest BCUT2D eigenvalue weighted by molar-refractivity contribution is 5.92. The highest BCUT2D eigenvalue weighted by atomic mass is 16.5. The number of carbonyl (C=O) groups is 1. The lowest BCUT2D eigenvalue weighted by Crippen LogP contribution is -2.10. The summed E-state index contributed by atoms with van der Waals surface area (Å²) in [5, 5.41) is 0. The molecule has 3 aromatic carbocycles. The van der Waals surface area contributed by atoms with E-state index in [-0.39, 0.29) is 5.97 Å². The normalized spacial score (nSPS) is 12.9. The van der Waals surface area contributed by atoms with E-state index in [0.29, 0.717) is 17.1 Å². The predicted molar refractivity (Wildman–Crippen MR) is 111 cm³/mol. The third kappa shape index (κ3) is 3.53. The summed E-state index contributed by atoms with van der Waals surface area (Å²) in [6.45, 7) is 2.13. The van der Waals surface area contributed by atoms with Crippen molar-refractivity contribution in [3.8, 4) is 22.6 Å². The number of para-hydroxylation sites is 1. The lowest BCUT2D eigenvalue weighted by Gasteiger charge is -2.22. The Bertz CT molecular complexity index is 1000. The van der Waals surface area contributed by atoms with E-state index in [2.05, 4.69) is 19.1 Å². The lowest BCUT2D eigenvalue weighted by atomic mass is 9.83. The van der Waals surface area contributed by atoms with Crippen LogP contribution in [0.25, 0.3) is 11.1 Å². The Labute approximate surface area is 165 Å². The topological polar surface area (TPSA) is 35.5 Å². The molecule has 0 amide bonds. The zero-order valence-corrected chi connectivity index (χ0v) is 16.3. The fraction of sp³-hybridized carbons (Fsp3) is 0.240. The van der Waals surface area contributed by atoms with Crippen molar-refractivity contribution >= 4 is 5.97 Å². The summed E-state index contributed by atoms with van der Waals surface area (Å²) in [7, 11) is 1.60. The zero-order valence-electron chi connectivity index (χ0n) is 16.3. The SMILES string of the molecule is COc1ccc(C(=O)Oc2ccccc2-c2c(C)ccc3c2CCCC3)cc1. The van der Waals surface area contributed by atoms with Gasteiger partial charge in [-0.25, -0.2) is 4.79 Å².